The Bertz CT molecular complexity index is 1000. The zero-order chi connectivity index (χ0) is 19.1. The summed E-state index contributed by atoms with van der Waals surface area (Å²) in [5, 5.41) is 0.496. The Kier molecular flexibility index (Phi) is 5.35. The molecule has 1 fully saturated rings. The number of hydrogen-bond donors (Lipinski definition) is 0. The fraction of sp³-hybridized carbons (Fsp3) is 0.353. The molecule has 2 aromatic rings. The Hall–Kier alpha value is -1.54. The number of benzene rings is 1. The number of sulfonamides is 1. The lowest BCUT2D eigenvalue weighted by Crippen LogP contribution is -2.31. The number of rotatable bonds is 4. The third-order valence-corrected chi connectivity index (χ3v) is 6.85. The maximum atomic E-state index is 12.9. The fourth-order valence-electron chi connectivity index (χ4n) is 2.82. The molecule has 1 saturated heterocycles. The molecule has 26 heavy (non-hydrogen) atoms. The molecule has 1 atom stereocenters. The first-order valence-electron chi connectivity index (χ1n) is 7.91. The Morgan fingerprint density at radius 2 is 1.88 bits per heavy atom. The van der Waals surface area contributed by atoms with Crippen LogP contribution in [-0.4, -0.2) is 31.9 Å². The van der Waals surface area contributed by atoms with Crippen LogP contribution < -0.4 is 10.4 Å². The van der Waals surface area contributed by atoms with Crippen molar-refractivity contribution in [3.8, 4) is 5.75 Å². The van der Waals surface area contributed by atoms with E-state index in [4.69, 9.17) is 32.4 Å². The number of nitrogens with zero attached hydrogens (tertiary/aromatic N) is 1. The van der Waals surface area contributed by atoms with E-state index in [9.17, 15) is 13.2 Å². The van der Waals surface area contributed by atoms with Crippen LogP contribution in [0.2, 0.25) is 10.0 Å². The summed E-state index contributed by atoms with van der Waals surface area (Å²) in [7, 11) is -3.77. The van der Waals surface area contributed by atoms with Crippen molar-refractivity contribution < 1.29 is 17.6 Å². The first kappa shape index (κ1) is 19.2. The third-order valence-electron chi connectivity index (χ3n) is 4.11. The number of halogens is 2. The highest BCUT2D eigenvalue weighted by atomic mass is 35.5. The first-order valence-corrected chi connectivity index (χ1v) is 10.1. The minimum atomic E-state index is -3.77. The predicted octanol–water partition coefficient (Wildman–Crippen LogP) is 3.41. The molecule has 0 radical (unpaired) electrons. The summed E-state index contributed by atoms with van der Waals surface area (Å²) in [6.45, 7) is 3.83. The zero-order valence-electron chi connectivity index (χ0n) is 14.2. The standard InChI is InChI=1S/C17H17Cl2NO5S/c1-10-5-16(15(19)8-14(10)18)26(22,23)20-4-3-12(9-20)25-13-6-11(2)24-17(21)7-13/h5-8,12H,3-4,9H2,1-2H3. The quantitative estimate of drug-likeness (QED) is 0.761. The second-order valence-corrected chi connectivity index (χ2v) is 8.87. The van der Waals surface area contributed by atoms with Crippen molar-refractivity contribution in [2.75, 3.05) is 13.1 Å². The van der Waals surface area contributed by atoms with Crippen LogP contribution in [-0.2, 0) is 10.0 Å². The number of aryl methyl sites for hydroxylation is 2. The van der Waals surface area contributed by atoms with E-state index < -0.39 is 15.6 Å². The van der Waals surface area contributed by atoms with Crippen LogP contribution in [0.25, 0.3) is 0 Å². The van der Waals surface area contributed by atoms with Crippen LogP contribution in [0.4, 0.5) is 0 Å². The Morgan fingerprint density at radius 1 is 1.15 bits per heavy atom. The summed E-state index contributed by atoms with van der Waals surface area (Å²) < 4.78 is 37.8. The topological polar surface area (TPSA) is 76.8 Å². The summed E-state index contributed by atoms with van der Waals surface area (Å²) in [5.41, 5.74) is 0.124. The zero-order valence-corrected chi connectivity index (χ0v) is 16.5. The van der Waals surface area contributed by atoms with Crippen LogP contribution in [0.5, 0.6) is 5.75 Å². The Balaban J connectivity index is 1.79. The maximum Gasteiger partial charge on any atom is 0.339 e. The molecule has 3 rings (SSSR count). The van der Waals surface area contributed by atoms with Crippen molar-refractivity contribution in [3.63, 3.8) is 0 Å². The van der Waals surface area contributed by atoms with E-state index in [0.29, 0.717) is 35.1 Å². The summed E-state index contributed by atoms with van der Waals surface area (Å²) in [6, 6.07) is 5.74. The van der Waals surface area contributed by atoms with Crippen molar-refractivity contribution in [2.24, 2.45) is 0 Å². The highest BCUT2D eigenvalue weighted by Gasteiger charge is 2.35. The monoisotopic (exact) mass is 417 g/mol. The molecule has 1 aromatic carbocycles. The number of ether oxygens (including phenoxy) is 1. The lowest BCUT2D eigenvalue weighted by molar-refractivity contribution is 0.213. The van der Waals surface area contributed by atoms with Gasteiger partial charge >= 0.3 is 5.63 Å². The van der Waals surface area contributed by atoms with E-state index in [2.05, 4.69) is 0 Å². The molecule has 0 amide bonds. The normalized spacial score (nSPS) is 18.2. The molecular weight excluding hydrogens is 401 g/mol. The molecule has 0 aliphatic carbocycles. The van der Waals surface area contributed by atoms with Crippen molar-refractivity contribution in [2.45, 2.75) is 31.3 Å². The van der Waals surface area contributed by atoms with Gasteiger partial charge in [-0.05, 0) is 38.0 Å². The van der Waals surface area contributed by atoms with E-state index >= 15 is 0 Å². The summed E-state index contributed by atoms with van der Waals surface area (Å²) in [5.74, 6) is 0.793. The van der Waals surface area contributed by atoms with Gasteiger partial charge in [0.25, 0.3) is 0 Å². The highest BCUT2D eigenvalue weighted by molar-refractivity contribution is 7.89. The Labute approximate surface area is 161 Å². The molecule has 1 aliphatic rings. The second-order valence-electron chi connectivity index (χ2n) is 6.15. The maximum absolute atomic E-state index is 12.9. The van der Waals surface area contributed by atoms with Gasteiger partial charge in [-0.25, -0.2) is 13.2 Å². The van der Waals surface area contributed by atoms with Gasteiger partial charge < -0.3 is 9.15 Å². The van der Waals surface area contributed by atoms with Crippen molar-refractivity contribution in [1.82, 2.24) is 4.31 Å². The molecular formula is C17H17Cl2NO5S. The second kappa shape index (κ2) is 7.23. The number of hydrogen-bond acceptors (Lipinski definition) is 5. The van der Waals surface area contributed by atoms with Gasteiger partial charge in [0.15, 0.2) is 0 Å². The molecule has 0 saturated carbocycles. The lowest BCUT2D eigenvalue weighted by atomic mass is 10.2. The molecule has 2 heterocycles. The van der Waals surface area contributed by atoms with Gasteiger partial charge in [0, 0.05) is 17.6 Å². The SMILES string of the molecule is Cc1cc(OC2CCN(S(=O)(=O)c3cc(C)c(Cl)cc3Cl)C2)cc(=O)o1. The smallest absolute Gasteiger partial charge is 0.339 e. The average molecular weight is 418 g/mol. The van der Waals surface area contributed by atoms with Gasteiger partial charge in [-0.3, -0.25) is 0 Å². The van der Waals surface area contributed by atoms with E-state index in [-0.39, 0.29) is 22.6 Å². The van der Waals surface area contributed by atoms with E-state index in [1.165, 1.54) is 22.5 Å². The molecule has 0 bridgehead atoms. The summed E-state index contributed by atoms with van der Waals surface area (Å²) >= 11 is 12.1. The molecule has 1 aromatic heterocycles. The van der Waals surface area contributed by atoms with Crippen LogP contribution >= 0.6 is 23.2 Å². The van der Waals surface area contributed by atoms with Crippen molar-refractivity contribution >= 4 is 33.2 Å². The minimum Gasteiger partial charge on any atom is -0.489 e. The van der Waals surface area contributed by atoms with Gasteiger partial charge in [0.2, 0.25) is 10.0 Å². The molecule has 0 spiro atoms. The first-order chi connectivity index (χ1) is 12.2. The average Bonchev–Trinajstić information content (AvgIpc) is 2.99. The largest absolute Gasteiger partial charge is 0.489 e. The van der Waals surface area contributed by atoms with Crippen LogP contribution in [0.3, 0.4) is 0 Å². The van der Waals surface area contributed by atoms with E-state index in [1.54, 1.807) is 19.9 Å². The minimum absolute atomic E-state index is 0.0258. The molecule has 1 unspecified atom stereocenters. The fourth-order valence-corrected chi connectivity index (χ4v) is 5.11. The van der Waals surface area contributed by atoms with E-state index in [0.717, 1.165) is 0 Å². The summed E-state index contributed by atoms with van der Waals surface area (Å²) in [4.78, 5) is 11.4. The molecule has 9 heteroatoms. The van der Waals surface area contributed by atoms with Crippen LogP contribution in [0.1, 0.15) is 17.7 Å². The van der Waals surface area contributed by atoms with Gasteiger partial charge in [-0.2, -0.15) is 4.31 Å². The molecule has 6 nitrogen and oxygen atoms in total. The van der Waals surface area contributed by atoms with Gasteiger partial charge in [-0.15, -0.1) is 0 Å². The third kappa shape index (κ3) is 3.91. The van der Waals surface area contributed by atoms with Crippen LogP contribution in [0.15, 0.2) is 38.4 Å². The van der Waals surface area contributed by atoms with Crippen LogP contribution in [0, 0.1) is 13.8 Å². The van der Waals surface area contributed by atoms with E-state index in [1.807, 2.05) is 0 Å². The van der Waals surface area contributed by atoms with Gasteiger partial charge in [0.1, 0.15) is 22.5 Å². The van der Waals surface area contributed by atoms with Gasteiger partial charge in [-0.1, -0.05) is 23.2 Å². The Morgan fingerprint density at radius 3 is 2.58 bits per heavy atom. The molecule has 0 N–H and O–H groups in total. The van der Waals surface area contributed by atoms with Gasteiger partial charge in [0.05, 0.1) is 17.6 Å². The predicted molar refractivity (Wildman–Crippen MR) is 98.7 cm³/mol. The highest BCUT2D eigenvalue weighted by Crippen LogP contribution is 2.32. The van der Waals surface area contributed by atoms with Crippen molar-refractivity contribution in [3.05, 3.63) is 56.1 Å². The summed E-state index contributed by atoms with van der Waals surface area (Å²) in [6.07, 6.45) is 0.140. The van der Waals surface area contributed by atoms with Crippen molar-refractivity contribution in [1.29, 1.82) is 0 Å². The molecule has 140 valence electrons. The lowest BCUT2D eigenvalue weighted by Gasteiger charge is -2.18. The molecule has 1 aliphatic heterocycles.